The minimum absolute atomic E-state index is 0.236. The lowest BCUT2D eigenvalue weighted by Crippen LogP contribution is -2.15. The van der Waals surface area contributed by atoms with E-state index >= 15 is 0 Å². The number of carbonyl (C=O) groups excluding carboxylic acids is 1. The maximum atomic E-state index is 12.3. The number of para-hydroxylation sites is 1. The summed E-state index contributed by atoms with van der Waals surface area (Å²) in [6, 6.07) is 6.76. The molecular weight excluding hydrogens is 278 g/mol. The monoisotopic (exact) mass is 291 g/mol. The molecule has 2 rings (SSSR count). The Balaban J connectivity index is 2.34. The molecule has 1 heterocycles. The average Bonchev–Trinajstić information content (AvgIpc) is 2.43. The number of ether oxygens (including phenoxy) is 1. The fraction of sp³-hybridized carbons (Fsp3) is 0.143. The molecule has 0 atom stereocenters. The maximum Gasteiger partial charge on any atom is 0.257 e. The summed E-state index contributed by atoms with van der Waals surface area (Å²) in [7, 11) is 1.50. The van der Waals surface area contributed by atoms with Gasteiger partial charge in [0.15, 0.2) is 5.15 Å². The molecule has 0 bridgehead atoms. The molecule has 0 aliphatic rings. The van der Waals surface area contributed by atoms with Crippen LogP contribution in [0.3, 0.4) is 0 Å². The summed E-state index contributed by atoms with van der Waals surface area (Å²) < 4.78 is 5.09. The number of nitrogen functional groups attached to an aromatic ring is 1. The molecule has 0 radical (unpaired) electrons. The first-order chi connectivity index (χ1) is 9.54. The number of benzene rings is 1. The molecule has 0 aliphatic heterocycles. The summed E-state index contributed by atoms with van der Waals surface area (Å²) in [6.07, 6.45) is 1.58. The van der Waals surface area contributed by atoms with Gasteiger partial charge in [-0.3, -0.25) is 4.79 Å². The summed E-state index contributed by atoms with van der Waals surface area (Å²) in [5.74, 6) is 0.0889. The fourth-order valence-corrected chi connectivity index (χ4v) is 2.03. The number of nitrogens with zero attached hydrogens (tertiary/aromatic N) is 1. The van der Waals surface area contributed by atoms with Crippen molar-refractivity contribution in [3.63, 3.8) is 0 Å². The summed E-state index contributed by atoms with van der Waals surface area (Å²) in [5.41, 5.74) is 7.79. The maximum absolute atomic E-state index is 12.3. The third-order valence-corrected chi connectivity index (χ3v) is 3.17. The molecule has 0 aliphatic carbocycles. The lowest BCUT2D eigenvalue weighted by Gasteiger charge is -2.12. The number of aromatic nitrogens is 1. The molecule has 0 saturated heterocycles. The molecule has 2 aromatic rings. The number of aryl methyl sites for hydroxylation is 1. The first-order valence-corrected chi connectivity index (χ1v) is 6.27. The van der Waals surface area contributed by atoms with Gasteiger partial charge in [-0.05, 0) is 30.7 Å². The summed E-state index contributed by atoms with van der Waals surface area (Å²) in [4.78, 5) is 16.2. The summed E-state index contributed by atoms with van der Waals surface area (Å²) >= 11 is 5.98. The van der Waals surface area contributed by atoms with E-state index in [-0.39, 0.29) is 16.7 Å². The second-order valence-electron chi connectivity index (χ2n) is 4.17. The lowest BCUT2D eigenvalue weighted by molar-refractivity contribution is 0.102. The molecule has 1 aromatic heterocycles. The predicted molar refractivity (Wildman–Crippen MR) is 79.3 cm³/mol. The van der Waals surface area contributed by atoms with Crippen molar-refractivity contribution in [2.75, 3.05) is 18.2 Å². The smallest absolute Gasteiger partial charge is 0.257 e. The highest BCUT2D eigenvalue weighted by molar-refractivity contribution is 6.33. The van der Waals surface area contributed by atoms with Crippen LogP contribution in [-0.4, -0.2) is 18.0 Å². The van der Waals surface area contributed by atoms with Crippen molar-refractivity contribution in [1.82, 2.24) is 4.98 Å². The van der Waals surface area contributed by atoms with Crippen LogP contribution in [0, 0.1) is 6.92 Å². The Morgan fingerprint density at radius 3 is 2.80 bits per heavy atom. The molecular formula is C14H14ClN3O2. The Labute approximate surface area is 121 Å². The van der Waals surface area contributed by atoms with Crippen molar-refractivity contribution < 1.29 is 9.53 Å². The van der Waals surface area contributed by atoms with Crippen molar-refractivity contribution in [3.8, 4) is 5.75 Å². The van der Waals surface area contributed by atoms with E-state index in [0.717, 1.165) is 5.56 Å². The number of hydrogen-bond donors (Lipinski definition) is 2. The molecule has 3 N–H and O–H groups in total. The van der Waals surface area contributed by atoms with Gasteiger partial charge in [-0.15, -0.1) is 0 Å². The number of methoxy groups -OCH3 is 1. The minimum atomic E-state index is -0.362. The highest BCUT2D eigenvalue weighted by Crippen LogP contribution is 2.27. The largest absolute Gasteiger partial charge is 0.495 e. The van der Waals surface area contributed by atoms with Gasteiger partial charge in [0.05, 0.1) is 24.0 Å². The molecule has 0 spiro atoms. The van der Waals surface area contributed by atoms with Crippen LogP contribution in [0.25, 0.3) is 0 Å². The van der Waals surface area contributed by atoms with Gasteiger partial charge >= 0.3 is 0 Å². The zero-order chi connectivity index (χ0) is 14.7. The molecule has 0 unspecified atom stereocenters. The van der Waals surface area contributed by atoms with Crippen molar-refractivity contribution in [2.24, 2.45) is 0 Å². The third-order valence-electron chi connectivity index (χ3n) is 2.88. The van der Waals surface area contributed by atoms with Gasteiger partial charge in [-0.25, -0.2) is 4.98 Å². The Morgan fingerprint density at radius 2 is 2.15 bits per heavy atom. The van der Waals surface area contributed by atoms with Crippen molar-refractivity contribution >= 4 is 28.9 Å². The number of amides is 1. The van der Waals surface area contributed by atoms with Crippen LogP contribution in [0.4, 0.5) is 11.4 Å². The average molecular weight is 292 g/mol. The minimum Gasteiger partial charge on any atom is -0.495 e. The Hall–Kier alpha value is -2.27. The highest BCUT2D eigenvalue weighted by Gasteiger charge is 2.15. The van der Waals surface area contributed by atoms with E-state index in [1.54, 1.807) is 30.5 Å². The van der Waals surface area contributed by atoms with Crippen molar-refractivity contribution in [3.05, 3.63) is 46.7 Å². The lowest BCUT2D eigenvalue weighted by atomic mass is 10.1. The van der Waals surface area contributed by atoms with Gasteiger partial charge in [0.1, 0.15) is 5.75 Å². The first-order valence-electron chi connectivity index (χ1n) is 5.89. The van der Waals surface area contributed by atoms with Gasteiger partial charge in [0.25, 0.3) is 5.91 Å². The van der Waals surface area contributed by atoms with E-state index < -0.39 is 0 Å². The SMILES string of the molecule is COc1cccc(C(=O)Nc2c(C)ccnc2Cl)c1N. The van der Waals surface area contributed by atoms with Crippen LogP contribution in [0.15, 0.2) is 30.5 Å². The van der Waals surface area contributed by atoms with Gasteiger partial charge in [0, 0.05) is 6.20 Å². The Bertz CT molecular complexity index is 639. The standard InChI is InChI=1S/C14H14ClN3O2/c1-8-6-7-17-13(15)12(8)18-14(19)9-4-3-5-10(20-2)11(9)16/h3-7H,16H2,1-2H3,(H,18,19). The number of rotatable bonds is 3. The number of nitrogens with one attached hydrogen (secondary N) is 1. The van der Waals surface area contributed by atoms with Crippen LogP contribution in [-0.2, 0) is 0 Å². The second kappa shape index (κ2) is 5.79. The number of hydrogen-bond acceptors (Lipinski definition) is 4. The van der Waals surface area contributed by atoms with Crippen LogP contribution < -0.4 is 15.8 Å². The van der Waals surface area contributed by atoms with Crippen molar-refractivity contribution in [2.45, 2.75) is 6.92 Å². The quantitative estimate of drug-likeness (QED) is 0.673. The second-order valence-corrected chi connectivity index (χ2v) is 4.53. The van der Waals surface area contributed by atoms with Crippen LogP contribution in [0.5, 0.6) is 5.75 Å². The van der Waals surface area contributed by atoms with Gasteiger partial charge in [-0.1, -0.05) is 17.7 Å². The molecule has 5 nitrogen and oxygen atoms in total. The first kappa shape index (κ1) is 14.1. The van der Waals surface area contributed by atoms with E-state index in [4.69, 9.17) is 22.1 Å². The summed E-state index contributed by atoms with van der Waals surface area (Å²) in [6.45, 7) is 1.83. The fourth-order valence-electron chi connectivity index (χ4n) is 1.78. The van der Waals surface area contributed by atoms with E-state index in [0.29, 0.717) is 17.0 Å². The molecule has 104 valence electrons. The van der Waals surface area contributed by atoms with Crippen LogP contribution >= 0.6 is 11.6 Å². The van der Waals surface area contributed by atoms with E-state index in [1.165, 1.54) is 7.11 Å². The Morgan fingerprint density at radius 1 is 1.40 bits per heavy atom. The van der Waals surface area contributed by atoms with E-state index in [2.05, 4.69) is 10.3 Å². The molecule has 20 heavy (non-hydrogen) atoms. The van der Waals surface area contributed by atoms with Crippen LogP contribution in [0.1, 0.15) is 15.9 Å². The number of pyridine rings is 1. The van der Waals surface area contributed by atoms with Gasteiger partial charge in [0.2, 0.25) is 0 Å². The van der Waals surface area contributed by atoms with Gasteiger partial charge < -0.3 is 15.8 Å². The summed E-state index contributed by atoms with van der Waals surface area (Å²) in [5, 5.41) is 2.95. The molecule has 1 amide bonds. The third kappa shape index (κ3) is 2.67. The highest BCUT2D eigenvalue weighted by atomic mass is 35.5. The van der Waals surface area contributed by atoms with E-state index in [9.17, 15) is 4.79 Å². The topological polar surface area (TPSA) is 77.2 Å². The number of nitrogens with two attached hydrogens (primary N) is 1. The zero-order valence-corrected chi connectivity index (χ0v) is 11.9. The Kier molecular flexibility index (Phi) is 4.10. The van der Waals surface area contributed by atoms with Crippen LogP contribution in [0.2, 0.25) is 5.15 Å². The molecule has 0 saturated carbocycles. The zero-order valence-electron chi connectivity index (χ0n) is 11.1. The van der Waals surface area contributed by atoms with E-state index in [1.807, 2.05) is 6.92 Å². The van der Waals surface area contributed by atoms with Gasteiger partial charge in [-0.2, -0.15) is 0 Å². The normalized spacial score (nSPS) is 10.2. The number of halogens is 1. The van der Waals surface area contributed by atoms with Crippen molar-refractivity contribution in [1.29, 1.82) is 0 Å². The molecule has 6 heteroatoms. The number of anilines is 2. The molecule has 0 fully saturated rings. The predicted octanol–water partition coefficient (Wildman–Crippen LogP) is 2.89. The molecule has 1 aromatic carbocycles. The number of carbonyl (C=O) groups is 1.